The van der Waals surface area contributed by atoms with Gasteiger partial charge in [0.1, 0.15) is 11.5 Å². The zero-order valence-electron chi connectivity index (χ0n) is 13.4. The highest BCUT2D eigenvalue weighted by Gasteiger charge is 2.12. The van der Waals surface area contributed by atoms with Crippen LogP contribution >= 0.6 is 11.6 Å². The van der Waals surface area contributed by atoms with Gasteiger partial charge in [-0.25, -0.2) is 0 Å². The molecular formula is C18H15ClN2O4. The van der Waals surface area contributed by atoms with E-state index in [4.69, 9.17) is 25.6 Å². The summed E-state index contributed by atoms with van der Waals surface area (Å²) in [6.07, 6.45) is 0.433. The highest BCUT2D eigenvalue weighted by Crippen LogP contribution is 2.20. The number of esters is 1. The van der Waals surface area contributed by atoms with Crippen molar-refractivity contribution in [2.45, 2.75) is 12.8 Å². The molecule has 0 saturated carbocycles. The summed E-state index contributed by atoms with van der Waals surface area (Å²) in [6, 6.07) is 13.9. The second kappa shape index (κ2) is 7.81. The van der Waals surface area contributed by atoms with Crippen molar-refractivity contribution in [3.8, 4) is 22.9 Å². The average Bonchev–Trinajstić information content (AvgIpc) is 3.11. The molecule has 0 amide bonds. The van der Waals surface area contributed by atoms with Gasteiger partial charge < -0.3 is 14.0 Å². The van der Waals surface area contributed by atoms with E-state index in [-0.39, 0.29) is 12.4 Å². The number of methoxy groups -OCH3 is 1. The molecule has 0 aliphatic carbocycles. The van der Waals surface area contributed by atoms with E-state index in [1.165, 1.54) is 0 Å². The van der Waals surface area contributed by atoms with Crippen LogP contribution in [0.1, 0.15) is 12.3 Å². The molecule has 0 aliphatic heterocycles. The predicted octanol–water partition coefficient (Wildman–Crippen LogP) is 3.94. The molecule has 0 aliphatic rings. The Morgan fingerprint density at radius 1 is 1.08 bits per heavy atom. The fraction of sp³-hybridized carbons (Fsp3) is 0.167. The van der Waals surface area contributed by atoms with Crippen molar-refractivity contribution in [1.82, 2.24) is 10.1 Å². The summed E-state index contributed by atoms with van der Waals surface area (Å²) < 4.78 is 15.5. The van der Waals surface area contributed by atoms with Crippen LogP contribution < -0.4 is 9.47 Å². The monoisotopic (exact) mass is 358 g/mol. The number of halogens is 1. The Kier molecular flexibility index (Phi) is 5.30. The first-order chi connectivity index (χ1) is 12.1. The van der Waals surface area contributed by atoms with Crippen LogP contribution in [0.4, 0.5) is 0 Å². The molecule has 0 N–H and O–H groups in total. The van der Waals surface area contributed by atoms with Gasteiger partial charge in [0.2, 0.25) is 11.7 Å². The molecule has 3 rings (SSSR count). The van der Waals surface area contributed by atoms with Crippen molar-refractivity contribution in [1.29, 1.82) is 0 Å². The third-order valence-electron chi connectivity index (χ3n) is 3.40. The van der Waals surface area contributed by atoms with Crippen LogP contribution in [0.25, 0.3) is 11.4 Å². The van der Waals surface area contributed by atoms with Crippen LogP contribution in [0.2, 0.25) is 5.02 Å². The Morgan fingerprint density at radius 3 is 2.44 bits per heavy atom. The fourth-order valence-electron chi connectivity index (χ4n) is 2.11. The van der Waals surface area contributed by atoms with E-state index in [0.717, 1.165) is 11.3 Å². The van der Waals surface area contributed by atoms with E-state index in [9.17, 15) is 4.79 Å². The summed E-state index contributed by atoms with van der Waals surface area (Å²) in [7, 11) is 1.60. The first-order valence-corrected chi connectivity index (χ1v) is 7.95. The minimum absolute atomic E-state index is 0.132. The van der Waals surface area contributed by atoms with Crippen molar-refractivity contribution in [3.05, 3.63) is 59.4 Å². The highest BCUT2D eigenvalue weighted by molar-refractivity contribution is 6.30. The molecule has 1 aromatic heterocycles. The number of aromatic nitrogens is 2. The van der Waals surface area contributed by atoms with E-state index in [0.29, 0.717) is 28.9 Å². The van der Waals surface area contributed by atoms with Crippen molar-refractivity contribution in [2.24, 2.45) is 0 Å². The number of rotatable bonds is 6. The molecule has 0 spiro atoms. The lowest BCUT2D eigenvalue weighted by Gasteiger charge is -2.02. The van der Waals surface area contributed by atoms with Crippen molar-refractivity contribution >= 4 is 17.6 Å². The van der Waals surface area contributed by atoms with Gasteiger partial charge in [-0.1, -0.05) is 16.8 Å². The molecule has 3 aromatic rings. The van der Waals surface area contributed by atoms with Gasteiger partial charge in [-0.3, -0.25) is 4.79 Å². The Hall–Kier alpha value is -2.86. The first kappa shape index (κ1) is 17.0. The number of benzene rings is 2. The van der Waals surface area contributed by atoms with Crippen molar-refractivity contribution in [3.63, 3.8) is 0 Å². The van der Waals surface area contributed by atoms with E-state index >= 15 is 0 Å². The normalized spacial score (nSPS) is 10.5. The number of aryl methyl sites for hydroxylation is 1. The van der Waals surface area contributed by atoms with Crippen LogP contribution in [0, 0.1) is 0 Å². The molecule has 1 heterocycles. The van der Waals surface area contributed by atoms with E-state index in [1.807, 2.05) is 24.3 Å². The molecule has 0 saturated heterocycles. The topological polar surface area (TPSA) is 74.5 Å². The summed E-state index contributed by atoms with van der Waals surface area (Å²) in [5, 5.41) is 4.50. The summed E-state index contributed by atoms with van der Waals surface area (Å²) >= 11 is 5.78. The maximum Gasteiger partial charge on any atom is 0.311 e. The standard InChI is InChI=1S/C18H15ClN2O4/c1-23-14-6-2-12(3-7-14)18-20-16(25-21-18)10-11-17(22)24-15-8-4-13(19)5-9-15/h2-9H,10-11H2,1H3. The van der Waals surface area contributed by atoms with Gasteiger partial charge >= 0.3 is 5.97 Å². The third-order valence-corrected chi connectivity index (χ3v) is 3.66. The van der Waals surface area contributed by atoms with Crippen LogP contribution in [0.3, 0.4) is 0 Å². The molecule has 7 heteroatoms. The van der Waals surface area contributed by atoms with Gasteiger partial charge in [-0.15, -0.1) is 0 Å². The molecule has 2 aromatic carbocycles. The minimum Gasteiger partial charge on any atom is -0.497 e. The van der Waals surface area contributed by atoms with Crippen LogP contribution in [0.15, 0.2) is 53.1 Å². The summed E-state index contributed by atoms with van der Waals surface area (Å²) in [4.78, 5) is 16.1. The quantitative estimate of drug-likeness (QED) is 0.491. The maximum absolute atomic E-state index is 11.9. The number of ether oxygens (including phenoxy) is 2. The lowest BCUT2D eigenvalue weighted by atomic mass is 10.2. The fourth-order valence-corrected chi connectivity index (χ4v) is 2.23. The second-order valence-corrected chi connectivity index (χ2v) is 5.60. The molecule has 0 unspecified atom stereocenters. The number of carbonyl (C=O) groups excluding carboxylic acids is 1. The molecular weight excluding hydrogens is 344 g/mol. The highest BCUT2D eigenvalue weighted by atomic mass is 35.5. The lowest BCUT2D eigenvalue weighted by Crippen LogP contribution is -2.09. The molecule has 0 radical (unpaired) electrons. The van der Waals surface area contributed by atoms with Gasteiger partial charge in [-0.05, 0) is 48.5 Å². The Bertz CT molecular complexity index is 844. The molecule has 0 atom stereocenters. The molecule has 0 fully saturated rings. The molecule has 6 nitrogen and oxygen atoms in total. The van der Waals surface area contributed by atoms with E-state index < -0.39 is 0 Å². The van der Waals surface area contributed by atoms with E-state index in [2.05, 4.69) is 10.1 Å². The van der Waals surface area contributed by atoms with Gasteiger partial charge in [-0.2, -0.15) is 4.98 Å². The van der Waals surface area contributed by atoms with Gasteiger partial charge in [0, 0.05) is 17.0 Å². The van der Waals surface area contributed by atoms with Gasteiger partial charge in [0.25, 0.3) is 0 Å². The van der Waals surface area contributed by atoms with Crippen molar-refractivity contribution < 1.29 is 18.8 Å². The van der Waals surface area contributed by atoms with Gasteiger partial charge in [0.05, 0.1) is 13.5 Å². The Balaban J connectivity index is 1.55. The number of carbonyl (C=O) groups is 1. The maximum atomic E-state index is 11.9. The number of hydrogen-bond donors (Lipinski definition) is 0. The van der Waals surface area contributed by atoms with Crippen molar-refractivity contribution in [2.75, 3.05) is 7.11 Å². The average molecular weight is 359 g/mol. The number of hydrogen-bond acceptors (Lipinski definition) is 6. The summed E-state index contributed by atoms with van der Waals surface area (Å²) in [5.74, 6) is 1.64. The SMILES string of the molecule is COc1ccc(-c2noc(CCC(=O)Oc3ccc(Cl)cc3)n2)cc1. The lowest BCUT2D eigenvalue weighted by molar-refractivity contribution is -0.134. The minimum atomic E-state index is -0.383. The molecule has 25 heavy (non-hydrogen) atoms. The predicted molar refractivity (Wildman–Crippen MR) is 91.7 cm³/mol. The summed E-state index contributed by atoms with van der Waals surface area (Å²) in [5.41, 5.74) is 0.805. The Morgan fingerprint density at radius 2 is 1.76 bits per heavy atom. The van der Waals surface area contributed by atoms with Crippen LogP contribution in [-0.2, 0) is 11.2 Å². The zero-order valence-corrected chi connectivity index (χ0v) is 14.2. The van der Waals surface area contributed by atoms with Crippen LogP contribution in [0.5, 0.6) is 11.5 Å². The largest absolute Gasteiger partial charge is 0.497 e. The zero-order chi connectivity index (χ0) is 17.6. The van der Waals surface area contributed by atoms with E-state index in [1.54, 1.807) is 31.4 Å². The van der Waals surface area contributed by atoms with Gasteiger partial charge in [0.15, 0.2) is 0 Å². The number of nitrogens with zero attached hydrogens (tertiary/aromatic N) is 2. The molecule has 0 bridgehead atoms. The molecule has 128 valence electrons. The smallest absolute Gasteiger partial charge is 0.311 e. The Labute approximate surface area is 149 Å². The second-order valence-electron chi connectivity index (χ2n) is 5.17. The van der Waals surface area contributed by atoms with Crippen LogP contribution in [-0.4, -0.2) is 23.2 Å². The third kappa shape index (κ3) is 4.58. The first-order valence-electron chi connectivity index (χ1n) is 7.57. The summed E-state index contributed by atoms with van der Waals surface area (Å²) in [6.45, 7) is 0.